The van der Waals surface area contributed by atoms with E-state index in [0.29, 0.717) is 11.5 Å². The number of hydrogen-bond acceptors (Lipinski definition) is 5. The quantitative estimate of drug-likeness (QED) is 0.473. The molecule has 0 saturated heterocycles. The number of nitrogens with one attached hydrogen (secondary N) is 2. The molecule has 0 saturated carbocycles. The van der Waals surface area contributed by atoms with Crippen molar-refractivity contribution in [3.05, 3.63) is 82.7 Å². The zero-order chi connectivity index (χ0) is 21.6. The minimum atomic E-state index is -3.86. The molecule has 1 aromatic heterocycles. The molecule has 0 fully saturated rings. The number of para-hydroxylation sites is 1. The summed E-state index contributed by atoms with van der Waals surface area (Å²) >= 11 is 3.28. The Morgan fingerprint density at radius 2 is 1.83 bits per heavy atom. The highest BCUT2D eigenvalue weighted by atomic mass is 79.9. The average Bonchev–Trinajstić information content (AvgIpc) is 3.27. The Morgan fingerprint density at radius 1 is 1.10 bits per heavy atom. The van der Waals surface area contributed by atoms with E-state index in [-0.39, 0.29) is 23.8 Å². The van der Waals surface area contributed by atoms with Gasteiger partial charge in [0.25, 0.3) is 0 Å². The van der Waals surface area contributed by atoms with Crippen molar-refractivity contribution in [1.29, 1.82) is 0 Å². The zero-order valence-corrected chi connectivity index (χ0v) is 18.6. The van der Waals surface area contributed by atoms with E-state index in [1.54, 1.807) is 37.4 Å². The number of hydrogen-bond donors (Lipinski definition) is 2. The van der Waals surface area contributed by atoms with E-state index in [9.17, 15) is 13.2 Å². The van der Waals surface area contributed by atoms with E-state index in [2.05, 4.69) is 26.0 Å². The van der Waals surface area contributed by atoms with E-state index in [4.69, 9.17) is 9.15 Å². The van der Waals surface area contributed by atoms with Gasteiger partial charge < -0.3 is 14.5 Å². The Kier molecular flexibility index (Phi) is 7.30. The van der Waals surface area contributed by atoms with Crippen LogP contribution in [0.5, 0.6) is 5.75 Å². The molecule has 3 aromatic rings. The van der Waals surface area contributed by atoms with Crippen molar-refractivity contribution >= 4 is 31.9 Å². The molecule has 2 N–H and O–H groups in total. The normalized spacial score (nSPS) is 12.3. The topological polar surface area (TPSA) is 97.6 Å². The van der Waals surface area contributed by atoms with Crippen molar-refractivity contribution in [1.82, 2.24) is 10.0 Å². The van der Waals surface area contributed by atoms with Crippen molar-refractivity contribution in [3.63, 3.8) is 0 Å². The van der Waals surface area contributed by atoms with Crippen molar-refractivity contribution in [2.24, 2.45) is 0 Å². The van der Waals surface area contributed by atoms with E-state index < -0.39 is 16.1 Å². The number of ether oxygens (including phenoxy) is 1. The number of carbonyl (C=O) groups excluding carboxylic acids is 1. The molecule has 1 unspecified atom stereocenters. The summed E-state index contributed by atoms with van der Waals surface area (Å²) in [6.07, 6.45) is 1.31. The number of carbonyl (C=O) groups is 1. The Bertz CT molecular complexity index is 1080. The van der Waals surface area contributed by atoms with E-state index in [0.717, 1.165) is 10.0 Å². The molecular weight excluding hydrogens is 472 g/mol. The molecule has 1 heterocycles. The zero-order valence-electron chi connectivity index (χ0n) is 16.2. The highest BCUT2D eigenvalue weighted by Crippen LogP contribution is 2.22. The molecule has 0 bridgehead atoms. The highest BCUT2D eigenvalue weighted by Gasteiger charge is 2.25. The number of halogens is 1. The van der Waals surface area contributed by atoms with Crippen LogP contribution >= 0.6 is 15.9 Å². The fourth-order valence-corrected chi connectivity index (χ4v) is 4.33. The molecule has 158 valence electrons. The summed E-state index contributed by atoms with van der Waals surface area (Å²) in [5, 5.41) is 2.80. The molecule has 0 spiro atoms. The summed E-state index contributed by atoms with van der Waals surface area (Å²) in [4.78, 5) is 12.6. The van der Waals surface area contributed by atoms with E-state index >= 15 is 0 Å². The maximum Gasteiger partial charge on any atom is 0.241 e. The van der Waals surface area contributed by atoms with E-state index in [1.807, 2.05) is 18.2 Å². The summed E-state index contributed by atoms with van der Waals surface area (Å²) < 4.78 is 39.5. The third-order valence-electron chi connectivity index (χ3n) is 4.37. The molecule has 0 aliphatic carbocycles. The van der Waals surface area contributed by atoms with Gasteiger partial charge in [-0.25, -0.2) is 8.42 Å². The van der Waals surface area contributed by atoms with Crippen LogP contribution in [-0.2, 0) is 21.4 Å². The van der Waals surface area contributed by atoms with Crippen LogP contribution in [0, 0.1) is 0 Å². The van der Waals surface area contributed by atoms with Crippen LogP contribution in [0.3, 0.4) is 0 Å². The largest absolute Gasteiger partial charge is 0.496 e. The van der Waals surface area contributed by atoms with Gasteiger partial charge in [-0.15, -0.1) is 0 Å². The molecule has 1 atom stereocenters. The van der Waals surface area contributed by atoms with Crippen LogP contribution in [0.15, 0.2) is 80.7 Å². The minimum Gasteiger partial charge on any atom is -0.496 e. The van der Waals surface area contributed by atoms with Crippen molar-refractivity contribution in [3.8, 4) is 5.75 Å². The Hall–Kier alpha value is -2.62. The average molecular weight is 493 g/mol. The second-order valence-electron chi connectivity index (χ2n) is 6.44. The summed E-state index contributed by atoms with van der Waals surface area (Å²) in [5.74, 6) is 0.681. The maximum absolute atomic E-state index is 12.8. The second-order valence-corrected chi connectivity index (χ2v) is 9.07. The fraction of sp³-hybridized carbons (Fsp3) is 0.190. The van der Waals surface area contributed by atoms with Crippen LogP contribution in [0.4, 0.5) is 0 Å². The van der Waals surface area contributed by atoms with Crippen molar-refractivity contribution in [2.75, 3.05) is 7.11 Å². The van der Waals surface area contributed by atoms with Crippen LogP contribution in [0.25, 0.3) is 0 Å². The van der Waals surface area contributed by atoms with Gasteiger partial charge >= 0.3 is 0 Å². The van der Waals surface area contributed by atoms with Gasteiger partial charge in [0.15, 0.2) is 0 Å². The van der Waals surface area contributed by atoms with Crippen molar-refractivity contribution < 1.29 is 22.4 Å². The smallest absolute Gasteiger partial charge is 0.241 e. The lowest BCUT2D eigenvalue weighted by Gasteiger charge is -2.17. The van der Waals surface area contributed by atoms with Gasteiger partial charge in [-0.2, -0.15) is 4.72 Å². The first-order chi connectivity index (χ1) is 14.4. The summed E-state index contributed by atoms with van der Waals surface area (Å²) in [6.45, 7) is 0.257. The summed E-state index contributed by atoms with van der Waals surface area (Å²) in [6, 6.07) is 16.0. The fourth-order valence-electron chi connectivity index (χ4n) is 2.86. The first-order valence-electron chi connectivity index (χ1n) is 9.09. The van der Waals surface area contributed by atoms with Crippen LogP contribution in [0.2, 0.25) is 0 Å². The Morgan fingerprint density at radius 3 is 2.50 bits per heavy atom. The molecule has 7 nitrogen and oxygen atoms in total. The summed E-state index contributed by atoms with van der Waals surface area (Å²) in [5.41, 5.74) is 0.818. The third-order valence-corrected chi connectivity index (χ3v) is 6.38. The van der Waals surface area contributed by atoms with Crippen LogP contribution in [-0.4, -0.2) is 21.4 Å². The van der Waals surface area contributed by atoms with Crippen LogP contribution in [0.1, 0.15) is 23.8 Å². The lowest BCUT2D eigenvalue weighted by Crippen LogP contribution is -2.33. The standard InChI is InChI=1S/C21H21BrN2O5S/c1-28-19-6-3-2-5-15(19)14-23-21(25)13-18(20-7-4-12-29-20)24-30(26,27)17-10-8-16(22)9-11-17/h2-12,18,24H,13-14H2,1H3,(H,23,25). The second kappa shape index (κ2) is 9.92. The number of methoxy groups -OCH3 is 1. The Balaban J connectivity index is 1.71. The third kappa shape index (κ3) is 5.71. The first-order valence-corrected chi connectivity index (χ1v) is 11.4. The molecule has 3 rings (SSSR count). The van der Waals surface area contributed by atoms with Gasteiger partial charge in [-0.3, -0.25) is 4.79 Å². The van der Waals surface area contributed by atoms with Gasteiger partial charge in [0, 0.05) is 16.6 Å². The van der Waals surface area contributed by atoms with Gasteiger partial charge in [-0.1, -0.05) is 34.1 Å². The maximum atomic E-state index is 12.8. The number of sulfonamides is 1. The molecule has 0 aliphatic rings. The van der Waals surface area contributed by atoms with Gasteiger partial charge in [0.1, 0.15) is 11.5 Å². The molecule has 9 heteroatoms. The van der Waals surface area contributed by atoms with Crippen LogP contribution < -0.4 is 14.8 Å². The number of furan rings is 1. The monoisotopic (exact) mass is 492 g/mol. The lowest BCUT2D eigenvalue weighted by molar-refractivity contribution is -0.121. The molecule has 0 aliphatic heterocycles. The molecular formula is C21H21BrN2O5S. The van der Waals surface area contributed by atoms with Gasteiger partial charge in [0.05, 0.1) is 30.7 Å². The van der Waals surface area contributed by atoms with E-state index in [1.165, 1.54) is 18.4 Å². The lowest BCUT2D eigenvalue weighted by atomic mass is 10.1. The summed E-state index contributed by atoms with van der Waals surface area (Å²) in [7, 11) is -2.30. The Labute approximate surface area is 183 Å². The van der Waals surface area contributed by atoms with Gasteiger partial charge in [0.2, 0.25) is 15.9 Å². The molecule has 1 amide bonds. The SMILES string of the molecule is COc1ccccc1CNC(=O)CC(NS(=O)(=O)c1ccc(Br)cc1)c1ccco1. The highest BCUT2D eigenvalue weighted by molar-refractivity contribution is 9.10. The van der Waals surface area contributed by atoms with Gasteiger partial charge in [-0.05, 0) is 42.5 Å². The predicted octanol–water partition coefficient (Wildman–Crippen LogP) is 3.78. The molecule has 0 radical (unpaired) electrons. The van der Waals surface area contributed by atoms with Crippen molar-refractivity contribution in [2.45, 2.75) is 23.9 Å². The minimum absolute atomic E-state index is 0.0942. The number of amides is 1. The number of benzene rings is 2. The molecule has 30 heavy (non-hydrogen) atoms. The predicted molar refractivity (Wildman–Crippen MR) is 115 cm³/mol. The first kappa shape index (κ1) is 22.1. The number of rotatable bonds is 9. The molecule has 2 aromatic carbocycles.